The van der Waals surface area contributed by atoms with E-state index in [1.54, 1.807) is 4.90 Å². The minimum Gasteiger partial charge on any atom is -0.317 e. The van der Waals surface area contributed by atoms with E-state index in [9.17, 15) is 0 Å². The molecule has 2 unspecified atom stereocenters. The van der Waals surface area contributed by atoms with Crippen molar-refractivity contribution in [3.8, 4) is 0 Å². The Balaban J connectivity index is 3.20. The van der Waals surface area contributed by atoms with E-state index in [-0.39, 0.29) is 5.54 Å². The first-order chi connectivity index (χ1) is 6.43. The molecule has 1 aliphatic rings. The first-order valence-electron chi connectivity index (χ1n) is 4.89. The fraction of sp³-hybridized carbons (Fsp3) is 1.00. The maximum Gasteiger partial charge on any atom is 0.0897 e. The van der Waals surface area contributed by atoms with E-state index < -0.39 is 22.3 Å². The lowest BCUT2D eigenvalue weighted by Crippen LogP contribution is -2.59. The number of rotatable bonds is 0. The van der Waals surface area contributed by atoms with Crippen molar-refractivity contribution in [2.75, 3.05) is 0 Å². The average Bonchev–Trinajstić information content (AvgIpc) is 2.09. The molecule has 0 bridgehead atoms. The molecule has 1 rings (SSSR count). The van der Waals surface area contributed by atoms with Gasteiger partial charge in [-0.3, -0.25) is 0 Å². The molecular weight excluding hydrogens is 175 g/mol. The number of likely N-dealkylation sites (tertiary alicyclic amines) is 1. The van der Waals surface area contributed by atoms with Crippen molar-refractivity contribution in [3.63, 3.8) is 0 Å². The summed E-state index contributed by atoms with van der Waals surface area (Å²) >= 11 is 0. The van der Waals surface area contributed by atoms with Crippen LogP contribution in [0.5, 0.6) is 0 Å². The minimum atomic E-state index is -1.30. The van der Waals surface area contributed by atoms with Gasteiger partial charge in [-0.2, -0.15) is 0 Å². The van der Waals surface area contributed by atoms with Gasteiger partial charge in [-0.25, -0.2) is 0 Å². The van der Waals surface area contributed by atoms with Crippen LogP contribution in [0.2, 0.25) is 11.0 Å². The van der Waals surface area contributed by atoms with Crippen LogP contribution < -0.4 is 0 Å². The van der Waals surface area contributed by atoms with E-state index in [1.807, 2.05) is 20.8 Å². The fourth-order valence-corrected chi connectivity index (χ4v) is 2.20. The molecule has 66 valence electrons. The Kier molecular flexibility index (Phi) is 3.06. The molecule has 0 aromatic rings. The summed E-state index contributed by atoms with van der Waals surface area (Å²) in [5.74, 6) is -1.47. The van der Waals surface area contributed by atoms with Crippen molar-refractivity contribution in [1.29, 1.82) is 0 Å². The standard InChI is InChI=1S/C8H11B6N/c1-6(2,3)15-5(10)7(11,12)4(9)8(15,13)14/h4-5H,1-3H3. The molecule has 1 nitrogen and oxygen atoms in total. The van der Waals surface area contributed by atoms with E-state index in [4.69, 9.17) is 47.1 Å². The highest BCUT2D eigenvalue weighted by atomic mass is 15.3. The van der Waals surface area contributed by atoms with Gasteiger partial charge in [-0.05, 0) is 26.7 Å². The van der Waals surface area contributed by atoms with E-state index >= 15 is 0 Å². The summed E-state index contributed by atoms with van der Waals surface area (Å²) in [6.07, 6.45) is 0. The molecule has 0 amide bonds. The van der Waals surface area contributed by atoms with Crippen LogP contribution in [0.3, 0.4) is 0 Å². The summed E-state index contributed by atoms with van der Waals surface area (Å²) in [5.41, 5.74) is -0.360. The van der Waals surface area contributed by atoms with Gasteiger partial charge >= 0.3 is 0 Å². The fourth-order valence-electron chi connectivity index (χ4n) is 2.20. The first-order valence-corrected chi connectivity index (χ1v) is 4.89. The van der Waals surface area contributed by atoms with Gasteiger partial charge < -0.3 is 4.90 Å². The molecule has 1 aliphatic heterocycles. The summed E-state index contributed by atoms with van der Waals surface area (Å²) in [6.45, 7) is 5.78. The number of hydrogen-bond donors (Lipinski definition) is 0. The molecule has 2 atom stereocenters. The van der Waals surface area contributed by atoms with Crippen molar-refractivity contribution in [1.82, 2.24) is 4.90 Å². The zero-order valence-corrected chi connectivity index (χ0v) is 9.57. The van der Waals surface area contributed by atoms with E-state index in [1.165, 1.54) is 0 Å². The molecule has 0 N–H and O–H groups in total. The van der Waals surface area contributed by atoms with Crippen LogP contribution in [-0.2, 0) is 0 Å². The van der Waals surface area contributed by atoms with E-state index in [2.05, 4.69) is 0 Å². The van der Waals surface area contributed by atoms with Gasteiger partial charge in [-0.15, -0.1) is 0 Å². The highest BCUT2D eigenvalue weighted by Gasteiger charge is 2.54. The summed E-state index contributed by atoms with van der Waals surface area (Å²) in [7, 11) is 35.4. The Morgan fingerprint density at radius 1 is 1.00 bits per heavy atom. The van der Waals surface area contributed by atoms with E-state index in [0.29, 0.717) is 0 Å². The largest absolute Gasteiger partial charge is 0.317 e. The molecule has 0 aromatic heterocycles. The van der Waals surface area contributed by atoms with Gasteiger partial charge in [0.05, 0.1) is 47.1 Å². The third-order valence-corrected chi connectivity index (χ3v) is 2.97. The molecule has 15 heavy (non-hydrogen) atoms. The Hall–Kier alpha value is 0.350. The quantitative estimate of drug-likeness (QED) is 0.438. The van der Waals surface area contributed by atoms with Gasteiger partial charge in [0.2, 0.25) is 0 Å². The van der Waals surface area contributed by atoms with Crippen molar-refractivity contribution < 1.29 is 0 Å². The summed E-state index contributed by atoms with van der Waals surface area (Å²) in [4.78, 5) is 1.66. The summed E-state index contributed by atoms with van der Waals surface area (Å²) in [5, 5.41) is -2.60. The molecule has 1 heterocycles. The van der Waals surface area contributed by atoms with Crippen LogP contribution in [0.1, 0.15) is 20.8 Å². The molecule has 0 spiro atoms. The second kappa shape index (κ2) is 3.42. The van der Waals surface area contributed by atoms with Crippen molar-refractivity contribution in [2.45, 2.75) is 48.6 Å². The van der Waals surface area contributed by atoms with Crippen molar-refractivity contribution >= 4 is 47.1 Å². The second-order valence-corrected chi connectivity index (χ2v) is 5.35. The van der Waals surface area contributed by atoms with Crippen molar-refractivity contribution in [2.24, 2.45) is 0 Å². The summed E-state index contributed by atoms with van der Waals surface area (Å²) < 4.78 is 0. The molecule has 7 heteroatoms. The lowest BCUT2D eigenvalue weighted by atomic mass is 9.34. The Morgan fingerprint density at radius 3 is 1.53 bits per heavy atom. The zero-order valence-electron chi connectivity index (χ0n) is 9.57. The molecule has 12 radical (unpaired) electrons. The minimum absolute atomic E-state index is 0.360. The predicted molar refractivity (Wildman–Crippen MR) is 69.1 cm³/mol. The van der Waals surface area contributed by atoms with Gasteiger partial charge in [0.1, 0.15) is 0 Å². The van der Waals surface area contributed by atoms with Crippen molar-refractivity contribution in [3.05, 3.63) is 0 Å². The topological polar surface area (TPSA) is 3.24 Å². The molecule has 0 aromatic carbocycles. The second-order valence-electron chi connectivity index (χ2n) is 5.35. The van der Waals surface area contributed by atoms with Gasteiger partial charge in [0, 0.05) is 5.54 Å². The smallest absolute Gasteiger partial charge is 0.0897 e. The van der Waals surface area contributed by atoms with Crippen LogP contribution in [0.15, 0.2) is 0 Å². The van der Waals surface area contributed by atoms with Gasteiger partial charge in [-0.1, -0.05) is 16.4 Å². The Morgan fingerprint density at radius 2 is 1.40 bits per heavy atom. The Labute approximate surface area is 101 Å². The van der Waals surface area contributed by atoms with Crippen LogP contribution in [0.25, 0.3) is 0 Å². The lowest BCUT2D eigenvalue weighted by molar-refractivity contribution is 0.121. The first kappa shape index (κ1) is 13.4. The molecule has 1 fully saturated rings. The number of nitrogens with zero attached hydrogens (tertiary/aromatic N) is 1. The Bertz CT molecular complexity index is 258. The normalized spacial score (nSPS) is 35.4. The zero-order chi connectivity index (χ0) is 12.2. The highest BCUT2D eigenvalue weighted by Crippen LogP contribution is 2.53. The molecule has 0 saturated carbocycles. The van der Waals surface area contributed by atoms with Gasteiger partial charge in [0.25, 0.3) is 0 Å². The number of hydrogen-bond acceptors (Lipinski definition) is 1. The average molecular weight is 186 g/mol. The molecular formula is C8H11B6N. The van der Waals surface area contributed by atoms with E-state index in [0.717, 1.165) is 0 Å². The third kappa shape index (κ3) is 1.85. The van der Waals surface area contributed by atoms with Crippen LogP contribution in [-0.4, -0.2) is 68.8 Å². The monoisotopic (exact) mass is 187 g/mol. The maximum atomic E-state index is 5.96. The van der Waals surface area contributed by atoms with Crippen LogP contribution >= 0.6 is 0 Å². The van der Waals surface area contributed by atoms with Gasteiger partial charge in [0.15, 0.2) is 0 Å². The van der Waals surface area contributed by atoms with Crippen LogP contribution in [0.4, 0.5) is 0 Å². The third-order valence-electron chi connectivity index (χ3n) is 2.97. The van der Waals surface area contributed by atoms with Crippen LogP contribution in [0, 0.1) is 0 Å². The summed E-state index contributed by atoms with van der Waals surface area (Å²) in [6, 6.07) is 0. The SMILES string of the molecule is [B]C1N(C(C)(C)C)C([B])([B])C([B])C1([B])[B]. The molecule has 0 aliphatic carbocycles. The lowest BCUT2D eigenvalue weighted by Gasteiger charge is -2.48. The predicted octanol–water partition coefficient (Wildman–Crippen LogP) is -1.00. The maximum absolute atomic E-state index is 5.96. The highest BCUT2D eigenvalue weighted by molar-refractivity contribution is 6.54. The molecule has 1 saturated heterocycles.